The van der Waals surface area contributed by atoms with E-state index >= 15 is 0 Å². The Morgan fingerprint density at radius 2 is 2.06 bits per heavy atom. The molecule has 1 aliphatic rings. The molecule has 0 fully saturated rings. The van der Waals surface area contributed by atoms with Gasteiger partial charge in [-0.25, -0.2) is 4.68 Å². The minimum atomic E-state index is -0.167. The second-order valence-electron chi connectivity index (χ2n) is 7.45. The number of tetrazole rings is 1. The molecule has 0 aliphatic carbocycles. The molecule has 0 saturated carbocycles. The van der Waals surface area contributed by atoms with Crippen LogP contribution >= 0.6 is 0 Å². The molecule has 1 N–H and O–H groups in total. The number of ether oxygens (including phenoxy) is 3. The lowest BCUT2D eigenvalue weighted by molar-refractivity contribution is 0.174. The number of aromatic amines is 1. The molecule has 0 bridgehead atoms. The molecule has 32 heavy (non-hydrogen) atoms. The van der Waals surface area contributed by atoms with Crippen LogP contribution in [0.5, 0.6) is 11.5 Å². The molecule has 4 heterocycles. The van der Waals surface area contributed by atoms with Gasteiger partial charge in [-0.3, -0.25) is 9.69 Å². The Morgan fingerprint density at radius 1 is 1.19 bits per heavy atom. The lowest BCUT2D eigenvalue weighted by atomic mass is 10.1. The minimum absolute atomic E-state index is 0.167. The third kappa shape index (κ3) is 4.20. The molecule has 0 saturated heterocycles. The summed E-state index contributed by atoms with van der Waals surface area (Å²) >= 11 is 0. The van der Waals surface area contributed by atoms with E-state index in [0.717, 1.165) is 11.1 Å². The number of fused-ring (bicyclic) bond motifs is 2. The van der Waals surface area contributed by atoms with Crippen LogP contribution in [0.2, 0.25) is 0 Å². The molecule has 0 amide bonds. The van der Waals surface area contributed by atoms with E-state index in [2.05, 4.69) is 25.4 Å². The number of rotatable bonds is 9. The van der Waals surface area contributed by atoms with E-state index in [0.29, 0.717) is 61.2 Å². The van der Waals surface area contributed by atoms with Crippen LogP contribution in [0.1, 0.15) is 17.1 Å². The molecule has 166 valence electrons. The lowest BCUT2D eigenvalue weighted by Gasteiger charge is -2.20. The Bertz CT molecular complexity index is 1270. The number of methoxy groups -OCH3 is 1. The van der Waals surface area contributed by atoms with E-state index in [1.165, 1.54) is 0 Å². The van der Waals surface area contributed by atoms with E-state index in [1.807, 2.05) is 24.3 Å². The van der Waals surface area contributed by atoms with E-state index in [9.17, 15) is 4.79 Å². The Kier molecular flexibility index (Phi) is 5.57. The predicted molar refractivity (Wildman–Crippen MR) is 112 cm³/mol. The molecule has 5 rings (SSSR count). The number of H-pyrrole nitrogens is 1. The van der Waals surface area contributed by atoms with Crippen molar-refractivity contribution < 1.29 is 18.6 Å². The number of pyridine rings is 1. The summed E-state index contributed by atoms with van der Waals surface area (Å²) in [5, 5.41) is 12.8. The highest BCUT2D eigenvalue weighted by Crippen LogP contribution is 2.35. The maximum atomic E-state index is 12.8. The van der Waals surface area contributed by atoms with E-state index in [-0.39, 0.29) is 12.4 Å². The van der Waals surface area contributed by atoms with Crippen molar-refractivity contribution in [3.63, 3.8) is 0 Å². The highest BCUT2D eigenvalue weighted by Gasteiger charge is 2.19. The largest absolute Gasteiger partial charge is 0.468 e. The number of hydrogen-bond acceptors (Lipinski definition) is 9. The van der Waals surface area contributed by atoms with Crippen LogP contribution in [-0.4, -0.2) is 50.6 Å². The van der Waals surface area contributed by atoms with Crippen molar-refractivity contribution in [2.45, 2.75) is 26.2 Å². The molecule has 0 radical (unpaired) electrons. The number of furan rings is 1. The minimum Gasteiger partial charge on any atom is -0.468 e. The quantitative estimate of drug-likeness (QED) is 0.416. The van der Waals surface area contributed by atoms with Gasteiger partial charge in [0.15, 0.2) is 17.3 Å². The van der Waals surface area contributed by atoms with Gasteiger partial charge in [0, 0.05) is 30.7 Å². The van der Waals surface area contributed by atoms with E-state index in [1.54, 1.807) is 24.1 Å². The van der Waals surface area contributed by atoms with Gasteiger partial charge in [-0.15, -0.1) is 5.10 Å². The van der Waals surface area contributed by atoms with Crippen LogP contribution in [-0.2, 0) is 30.9 Å². The molecule has 1 aliphatic heterocycles. The van der Waals surface area contributed by atoms with Crippen LogP contribution in [0.25, 0.3) is 10.9 Å². The van der Waals surface area contributed by atoms with Gasteiger partial charge < -0.3 is 23.6 Å². The van der Waals surface area contributed by atoms with Crippen LogP contribution in [0, 0.1) is 0 Å². The molecule has 11 heteroatoms. The fraction of sp³-hybridized carbons (Fsp3) is 0.333. The molecule has 0 atom stereocenters. The van der Waals surface area contributed by atoms with E-state index < -0.39 is 0 Å². The topological polar surface area (TPSA) is 121 Å². The first-order valence-electron chi connectivity index (χ1n) is 10.1. The zero-order valence-corrected chi connectivity index (χ0v) is 17.5. The standard InChI is InChI=1S/C21H22N6O5/c1-29-6-4-27-20(23-24-25-27)12-26(11-16-3-2-5-30-16)10-15-7-14-8-18-19(32-13-31-18)9-17(14)22-21(15)28/h2-3,5,7-9H,4,6,10-13H2,1H3,(H,22,28). The molecular weight excluding hydrogens is 416 g/mol. The lowest BCUT2D eigenvalue weighted by Crippen LogP contribution is -2.28. The zero-order valence-electron chi connectivity index (χ0n) is 17.5. The summed E-state index contributed by atoms with van der Waals surface area (Å²) in [6.45, 7) is 2.50. The van der Waals surface area contributed by atoms with Crippen molar-refractivity contribution in [2.75, 3.05) is 20.5 Å². The van der Waals surface area contributed by atoms with Crippen LogP contribution in [0.15, 0.2) is 45.8 Å². The predicted octanol–water partition coefficient (Wildman–Crippen LogP) is 1.69. The smallest absolute Gasteiger partial charge is 0.252 e. The molecule has 4 aromatic rings. The first-order chi connectivity index (χ1) is 15.7. The van der Waals surface area contributed by atoms with Gasteiger partial charge in [0.2, 0.25) is 6.79 Å². The average Bonchev–Trinajstić information content (AvgIpc) is 3.54. The summed E-state index contributed by atoms with van der Waals surface area (Å²) in [6, 6.07) is 9.26. The maximum absolute atomic E-state index is 12.8. The molecule has 3 aromatic heterocycles. The van der Waals surface area contributed by atoms with Crippen molar-refractivity contribution in [3.05, 3.63) is 64.1 Å². The summed E-state index contributed by atoms with van der Waals surface area (Å²) in [5.74, 6) is 2.75. The van der Waals surface area contributed by atoms with Gasteiger partial charge in [-0.05, 0) is 34.7 Å². The fourth-order valence-corrected chi connectivity index (χ4v) is 3.68. The Labute approximate surface area is 182 Å². The summed E-state index contributed by atoms with van der Waals surface area (Å²) in [4.78, 5) is 17.8. The fourth-order valence-electron chi connectivity index (χ4n) is 3.68. The SMILES string of the molecule is COCCn1nnnc1CN(Cc1ccco1)Cc1cc2cc3c(cc2[nH]c1=O)OCO3. The second-order valence-corrected chi connectivity index (χ2v) is 7.45. The first kappa shape index (κ1) is 20.2. The van der Waals surface area contributed by atoms with Crippen molar-refractivity contribution in [1.29, 1.82) is 0 Å². The van der Waals surface area contributed by atoms with Gasteiger partial charge in [0.05, 0.1) is 38.0 Å². The van der Waals surface area contributed by atoms with Gasteiger partial charge >= 0.3 is 0 Å². The Hall–Kier alpha value is -3.70. The average molecular weight is 438 g/mol. The van der Waals surface area contributed by atoms with Crippen molar-refractivity contribution in [2.24, 2.45) is 0 Å². The number of benzene rings is 1. The highest BCUT2D eigenvalue weighted by atomic mass is 16.7. The van der Waals surface area contributed by atoms with Crippen molar-refractivity contribution in [1.82, 2.24) is 30.1 Å². The monoisotopic (exact) mass is 438 g/mol. The number of hydrogen-bond donors (Lipinski definition) is 1. The summed E-state index contributed by atoms with van der Waals surface area (Å²) in [6.07, 6.45) is 1.63. The third-order valence-electron chi connectivity index (χ3n) is 5.25. The molecule has 0 unspecified atom stereocenters. The molecular formula is C21H22N6O5. The Morgan fingerprint density at radius 3 is 2.88 bits per heavy atom. The van der Waals surface area contributed by atoms with Crippen LogP contribution in [0.3, 0.4) is 0 Å². The Balaban J connectivity index is 1.43. The number of aromatic nitrogens is 5. The summed E-state index contributed by atoms with van der Waals surface area (Å²) in [5.41, 5.74) is 1.14. The molecule has 11 nitrogen and oxygen atoms in total. The third-order valence-corrected chi connectivity index (χ3v) is 5.25. The van der Waals surface area contributed by atoms with Crippen LogP contribution < -0.4 is 15.0 Å². The van der Waals surface area contributed by atoms with E-state index in [4.69, 9.17) is 18.6 Å². The molecule has 0 spiro atoms. The summed E-state index contributed by atoms with van der Waals surface area (Å²) in [7, 11) is 1.63. The van der Waals surface area contributed by atoms with Crippen molar-refractivity contribution >= 4 is 10.9 Å². The van der Waals surface area contributed by atoms with Crippen molar-refractivity contribution in [3.8, 4) is 11.5 Å². The van der Waals surface area contributed by atoms with Gasteiger partial charge in [-0.2, -0.15) is 0 Å². The van der Waals surface area contributed by atoms with Gasteiger partial charge in [-0.1, -0.05) is 0 Å². The highest BCUT2D eigenvalue weighted by molar-refractivity contribution is 5.83. The summed E-state index contributed by atoms with van der Waals surface area (Å²) < 4.78 is 23.2. The maximum Gasteiger partial charge on any atom is 0.252 e. The molecule has 1 aromatic carbocycles. The zero-order chi connectivity index (χ0) is 21.9. The second kappa shape index (κ2) is 8.81. The van der Waals surface area contributed by atoms with Crippen LogP contribution in [0.4, 0.5) is 0 Å². The van der Waals surface area contributed by atoms with Gasteiger partial charge in [0.1, 0.15) is 5.76 Å². The first-order valence-corrected chi connectivity index (χ1v) is 10.1. The number of nitrogens with one attached hydrogen (secondary N) is 1. The van der Waals surface area contributed by atoms with Gasteiger partial charge in [0.25, 0.3) is 5.56 Å². The number of nitrogens with zero attached hydrogens (tertiary/aromatic N) is 5. The normalized spacial score (nSPS) is 12.8.